The van der Waals surface area contributed by atoms with Gasteiger partial charge in [-0.15, -0.1) is 0 Å². The van der Waals surface area contributed by atoms with Crippen molar-refractivity contribution in [2.24, 2.45) is 0 Å². The van der Waals surface area contributed by atoms with E-state index in [0.717, 1.165) is 6.07 Å². The summed E-state index contributed by atoms with van der Waals surface area (Å²) in [7, 11) is 0. The maximum atomic E-state index is 12.7. The predicted octanol–water partition coefficient (Wildman–Crippen LogP) is 2.24. The Balaban J connectivity index is 3.33. The van der Waals surface area contributed by atoms with Crippen LogP contribution >= 0.6 is 11.6 Å². The molecule has 66 valence electrons. The lowest BCUT2D eigenvalue weighted by atomic mass is 10.1. The van der Waals surface area contributed by atoms with Gasteiger partial charge in [0.25, 0.3) is 0 Å². The number of phenolic OH excluding ortho intramolecular Hbond substituents is 1. The molecule has 0 saturated carbocycles. The molecule has 0 aliphatic heterocycles. The maximum Gasteiger partial charge on any atom is 0.165 e. The Morgan fingerprint density at radius 1 is 1.50 bits per heavy atom. The van der Waals surface area contributed by atoms with Crippen LogP contribution < -0.4 is 0 Å². The molecule has 0 radical (unpaired) electrons. The second kappa shape index (κ2) is 3.29. The summed E-state index contributed by atoms with van der Waals surface area (Å²) in [4.78, 5) is 0. The van der Waals surface area contributed by atoms with Crippen LogP contribution in [0.2, 0.25) is 5.02 Å². The normalized spacial score (nSPS) is 13.0. The van der Waals surface area contributed by atoms with Crippen LogP contribution in [0, 0.1) is 5.82 Å². The van der Waals surface area contributed by atoms with E-state index < -0.39 is 17.7 Å². The standard InChI is InChI=1S/C8H8ClFO2/c1-4(11)7-5(9)2-3-6(10)8(7)12/h2-4,11-12H,1H3. The van der Waals surface area contributed by atoms with Crippen LogP contribution in [0.25, 0.3) is 0 Å². The number of benzene rings is 1. The van der Waals surface area contributed by atoms with E-state index >= 15 is 0 Å². The summed E-state index contributed by atoms with van der Waals surface area (Å²) in [5, 5.41) is 18.4. The van der Waals surface area contributed by atoms with E-state index in [0.29, 0.717) is 0 Å². The first-order valence-corrected chi connectivity index (χ1v) is 3.76. The molecular weight excluding hydrogens is 183 g/mol. The molecule has 1 rings (SSSR count). The van der Waals surface area contributed by atoms with Crippen molar-refractivity contribution < 1.29 is 14.6 Å². The Morgan fingerprint density at radius 2 is 2.08 bits per heavy atom. The second-order valence-corrected chi connectivity index (χ2v) is 2.87. The van der Waals surface area contributed by atoms with Gasteiger partial charge in [-0.1, -0.05) is 11.6 Å². The molecule has 0 spiro atoms. The smallest absolute Gasteiger partial charge is 0.165 e. The summed E-state index contributed by atoms with van der Waals surface area (Å²) in [6, 6.07) is 2.34. The van der Waals surface area contributed by atoms with E-state index in [1.807, 2.05) is 0 Å². The molecule has 0 amide bonds. The molecule has 1 atom stereocenters. The highest BCUT2D eigenvalue weighted by molar-refractivity contribution is 6.31. The molecule has 2 N–H and O–H groups in total. The van der Waals surface area contributed by atoms with Gasteiger partial charge in [0.2, 0.25) is 0 Å². The summed E-state index contributed by atoms with van der Waals surface area (Å²) in [6.07, 6.45) is -0.979. The van der Waals surface area contributed by atoms with Crippen molar-refractivity contribution in [3.8, 4) is 5.75 Å². The van der Waals surface area contributed by atoms with Gasteiger partial charge in [-0.05, 0) is 19.1 Å². The van der Waals surface area contributed by atoms with E-state index in [1.165, 1.54) is 13.0 Å². The van der Waals surface area contributed by atoms with Gasteiger partial charge in [0.05, 0.1) is 11.1 Å². The van der Waals surface area contributed by atoms with Crippen LogP contribution in [0.5, 0.6) is 5.75 Å². The third kappa shape index (κ3) is 1.52. The second-order valence-electron chi connectivity index (χ2n) is 2.47. The fourth-order valence-corrected chi connectivity index (χ4v) is 1.26. The lowest BCUT2D eigenvalue weighted by Crippen LogP contribution is -1.94. The van der Waals surface area contributed by atoms with Gasteiger partial charge >= 0.3 is 0 Å². The molecule has 0 aliphatic carbocycles. The molecule has 0 heterocycles. The topological polar surface area (TPSA) is 40.5 Å². The number of aliphatic hydroxyl groups excluding tert-OH is 1. The number of aromatic hydroxyl groups is 1. The van der Waals surface area contributed by atoms with Crippen molar-refractivity contribution in [2.45, 2.75) is 13.0 Å². The van der Waals surface area contributed by atoms with E-state index in [2.05, 4.69) is 0 Å². The molecule has 1 aromatic carbocycles. The van der Waals surface area contributed by atoms with Crippen LogP contribution in [-0.4, -0.2) is 10.2 Å². The van der Waals surface area contributed by atoms with E-state index in [-0.39, 0.29) is 10.6 Å². The maximum absolute atomic E-state index is 12.7. The number of phenols is 1. The predicted molar refractivity (Wildman–Crippen MR) is 43.7 cm³/mol. The van der Waals surface area contributed by atoms with Crippen LogP contribution in [0.3, 0.4) is 0 Å². The van der Waals surface area contributed by atoms with Gasteiger partial charge in [0.15, 0.2) is 11.6 Å². The summed E-state index contributed by atoms with van der Waals surface area (Å²) in [6.45, 7) is 1.40. The Morgan fingerprint density at radius 3 is 2.50 bits per heavy atom. The summed E-state index contributed by atoms with van der Waals surface area (Å²) in [5.74, 6) is -1.37. The molecule has 0 saturated heterocycles. The van der Waals surface area contributed by atoms with Crippen molar-refractivity contribution in [2.75, 3.05) is 0 Å². The molecule has 1 unspecified atom stereocenters. The van der Waals surface area contributed by atoms with Gasteiger partial charge < -0.3 is 10.2 Å². The minimum absolute atomic E-state index is 0.0247. The quantitative estimate of drug-likeness (QED) is 0.713. The fourth-order valence-electron chi connectivity index (χ4n) is 0.954. The Kier molecular flexibility index (Phi) is 2.55. The van der Waals surface area contributed by atoms with Crippen LogP contribution in [0.4, 0.5) is 4.39 Å². The Bertz CT molecular complexity index is 299. The molecule has 0 bridgehead atoms. The third-order valence-corrected chi connectivity index (χ3v) is 1.86. The van der Waals surface area contributed by atoms with Crippen molar-refractivity contribution >= 4 is 11.6 Å². The summed E-state index contributed by atoms with van der Waals surface area (Å²) in [5.41, 5.74) is 0.0247. The Hall–Kier alpha value is -0.800. The monoisotopic (exact) mass is 190 g/mol. The van der Waals surface area contributed by atoms with Crippen molar-refractivity contribution in [3.05, 3.63) is 28.5 Å². The number of hydrogen-bond donors (Lipinski definition) is 2. The van der Waals surface area contributed by atoms with Gasteiger partial charge in [-0.3, -0.25) is 0 Å². The average molecular weight is 191 g/mol. The van der Waals surface area contributed by atoms with Gasteiger partial charge in [-0.2, -0.15) is 0 Å². The molecular formula is C8H8ClFO2. The number of rotatable bonds is 1. The zero-order valence-corrected chi connectivity index (χ0v) is 7.14. The van der Waals surface area contributed by atoms with E-state index in [1.54, 1.807) is 0 Å². The zero-order valence-electron chi connectivity index (χ0n) is 6.38. The largest absolute Gasteiger partial charge is 0.505 e. The lowest BCUT2D eigenvalue weighted by molar-refractivity contribution is 0.194. The molecule has 1 aromatic rings. The molecule has 2 nitrogen and oxygen atoms in total. The molecule has 4 heteroatoms. The molecule has 0 aliphatic rings. The first-order valence-electron chi connectivity index (χ1n) is 3.39. The highest BCUT2D eigenvalue weighted by atomic mass is 35.5. The average Bonchev–Trinajstić information content (AvgIpc) is 1.97. The molecule has 12 heavy (non-hydrogen) atoms. The van der Waals surface area contributed by atoms with Gasteiger partial charge in [0, 0.05) is 5.56 Å². The Labute approximate surface area is 74.2 Å². The van der Waals surface area contributed by atoms with Crippen molar-refractivity contribution in [1.29, 1.82) is 0 Å². The molecule has 0 aromatic heterocycles. The SMILES string of the molecule is CC(O)c1c(Cl)ccc(F)c1O. The fraction of sp³-hybridized carbons (Fsp3) is 0.250. The molecule has 0 fully saturated rings. The number of aliphatic hydroxyl groups is 1. The van der Waals surface area contributed by atoms with Crippen molar-refractivity contribution in [3.63, 3.8) is 0 Å². The van der Waals surface area contributed by atoms with E-state index in [4.69, 9.17) is 21.8 Å². The number of hydrogen-bond acceptors (Lipinski definition) is 2. The van der Waals surface area contributed by atoms with Crippen LogP contribution in [0.15, 0.2) is 12.1 Å². The van der Waals surface area contributed by atoms with Gasteiger partial charge in [0.1, 0.15) is 0 Å². The zero-order chi connectivity index (χ0) is 9.30. The third-order valence-electron chi connectivity index (χ3n) is 1.53. The van der Waals surface area contributed by atoms with E-state index in [9.17, 15) is 4.39 Å². The minimum atomic E-state index is -0.979. The summed E-state index contributed by atoms with van der Waals surface area (Å²) >= 11 is 5.61. The number of halogens is 2. The van der Waals surface area contributed by atoms with Crippen molar-refractivity contribution in [1.82, 2.24) is 0 Å². The first kappa shape index (κ1) is 9.29. The summed E-state index contributed by atoms with van der Waals surface area (Å²) < 4.78 is 12.7. The van der Waals surface area contributed by atoms with Crippen LogP contribution in [0.1, 0.15) is 18.6 Å². The van der Waals surface area contributed by atoms with Crippen LogP contribution in [-0.2, 0) is 0 Å². The minimum Gasteiger partial charge on any atom is -0.505 e. The lowest BCUT2D eigenvalue weighted by Gasteiger charge is -2.09. The highest BCUT2D eigenvalue weighted by Crippen LogP contribution is 2.33. The van der Waals surface area contributed by atoms with Gasteiger partial charge in [-0.25, -0.2) is 4.39 Å². The first-order chi connectivity index (χ1) is 5.54. The highest BCUT2D eigenvalue weighted by Gasteiger charge is 2.15.